The molecule has 1 aliphatic heterocycles. The molecule has 3 aromatic rings. The fourth-order valence-corrected chi connectivity index (χ4v) is 4.75. The molecule has 1 amide bonds. The summed E-state index contributed by atoms with van der Waals surface area (Å²) >= 11 is 0. The number of para-hydroxylation sites is 1. The Morgan fingerprint density at radius 2 is 1.97 bits per heavy atom. The van der Waals surface area contributed by atoms with E-state index in [4.69, 9.17) is 14.1 Å². The van der Waals surface area contributed by atoms with Crippen molar-refractivity contribution in [3.63, 3.8) is 0 Å². The van der Waals surface area contributed by atoms with Gasteiger partial charge in [0.2, 0.25) is 0 Å². The molecule has 6 nitrogen and oxygen atoms in total. The number of rotatable bonds is 5. The maximum atomic E-state index is 13.6. The highest BCUT2D eigenvalue weighted by molar-refractivity contribution is 6.09. The molecule has 0 radical (unpaired) electrons. The van der Waals surface area contributed by atoms with E-state index >= 15 is 0 Å². The monoisotopic (exact) mass is 431 g/mol. The van der Waals surface area contributed by atoms with Gasteiger partial charge in [-0.3, -0.25) is 9.69 Å². The van der Waals surface area contributed by atoms with Crippen LogP contribution >= 0.6 is 0 Å². The van der Waals surface area contributed by atoms with Crippen LogP contribution in [-0.2, 0) is 11.2 Å². The first-order valence-corrected chi connectivity index (χ1v) is 11.3. The summed E-state index contributed by atoms with van der Waals surface area (Å²) in [5.41, 5.74) is 4.52. The quantitative estimate of drug-likeness (QED) is 0.657. The highest BCUT2D eigenvalue weighted by Crippen LogP contribution is 2.37. The van der Waals surface area contributed by atoms with Gasteiger partial charge in [0.05, 0.1) is 36.3 Å². The lowest BCUT2D eigenvalue weighted by atomic mass is 9.98. The lowest BCUT2D eigenvalue weighted by Crippen LogP contribution is -2.55. The third kappa shape index (κ3) is 3.96. The normalized spacial score (nSPS) is 18.2. The van der Waals surface area contributed by atoms with E-state index in [-0.39, 0.29) is 11.4 Å². The Kier molecular flexibility index (Phi) is 5.57. The maximum absolute atomic E-state index is 13.6. The fourth-order valence-electron chi connectivity index (χ4n) is 4.75. The number of nitrogens with one attached hydrogen (secondary N) is 1. The maximum Gasteiger partial charge on any atom is 0.252 e. The number of ether oxygens (including phenoxy) is 1. The van der Waals surface area contributed by atoms with E-state index in [1.54, 1.807) is 6.26 Å². The zero-order valence-corrected chi connectivity index (χ0v) is 18.7. The summed E-state index contributed by atoms with van der Waals surface area (Å²) in [5.74, 6) is 0.779. The number of aromatic nitrogens is 1. The highest BCUT2D eigenvalue weighted by atomic mass is 16.5. The molecule has 2 aliphatic rings. The first kappa shape index (κ1) is 20.9. The van der Waals surface area contributed by atoms with Gasteiger partial charge in [0, 0.05) is 30.6 Å². The number of amides is 1. The van der Waals surface area contributed by atoms with Crippen molar-refractivity contribution in [2.24, 2.45) is 0 Å². The summed E-state index contributed by atoms with van der Waals surface area (Å²) in [6, 6.07) is 11.7. The molecule has 0 unspecified atom stereocenters. The lowest BCUT2D eigenvalue weighted by Gasteiger charge is -2.40. The summed E-state index contributed by atoms with van der Waals surface area (Å²) in [7, 11) is 0. The first-order valence-electron chi connectivity index (χ1n) is 11.3. The molecular formula is C26H29N3O3. The van der Waals surface area contributed by atoms with Crippen LogP contribution < -0.4 is 5.32 Å². The zero-order valence-electron chi connectivity index (χ0n) is 18.7. The van der Waals surface area contributed by atoms with Gasteiger partial charge in [0.25, 0.3) is 5.91 Å². The van der Waals surface area contributed by atoms with Crippen molar-refractivity contribution < 1.29 is 13.9 Å². The van der Waals surface area contributed by atoms with Crippen molar-refractivity contribution in [2.75, 3.05) is 32.8 Å². The van der Waals surface area contributed by atoms with Crippen molar-refractivity contribution >= 4 is 28.5 Å². The molecule has 0 spiro atoms. The zero-order chi connectivity index (χ0) is 22.1. The highest BCUT2D eigenvalue weighted by Gasteiger charge is 2.31. The number of hydrogen-bond acceptors (Lipinski definition) is 5. The van der Waals surface area contributed by atoms with Crippen LogP contribution in [-0.4, -0.2) is 54.2 Å². The van der Waals surface area contributed by atoms with Crippen molar-refractivity contribution in [2.45, 2.75) is 32.2 Å². The minimum Gasteiger partial charge on any atom is -0.465 e. The Morgan fingerprint density at radius 1 is 1.16 bits per heavy atom. The summed E-state index contributed by atoms with van der Waals surface area (Å²) in [4.78, 5) is 20.9. The lowest BCUT2D eigenvalue weighted by molar-refractivity contribution is -0.00923. The van der Waals surface area contributed by atoms with Crippen molar-refractivity contribution in [3.8, 4) is 0 Å². The van der Waals surface area contributed by atoms with Crippen LogP contribution in [0.15, 0.2) is 47.1 Å². The first-order chi connectivity index (χ1) is 15.5. The molecule has 6 heteroatoms. The molecule has 0 atom stereocenters. The number of nitrogens with zero attached hydrogens (tertiary/aromatic N) is 2. The second-order valence-corrected chi connectivity index (χ2v) is 9.11. The number of pyridine rings is 1. The largest absolute Gasteiger partial charge is 0.465 e. The number of allylic oxidation sites excluding steroid dienone is 1. The molecule has 1 aliphatic carbocycles. The molecule has 32 heavy (non-hydrogen) atoms. The Labute approximate surface area is 188 Å². The third-order valence-electron chi connectivity index (χ3n) is 6.58. The molecule has 1 aromatic carbocycles. The SMILES string of the molecule is CC(C)(CNC(=O)c1c2c(nc3ccccc13)/C(=C/c1ccco1)CC2)N1CCOCC1. The predicted molar refractivity (Wildman–Crippen MR) is 125 cm³/mol. The Morgan fingerprint density at radius 3 is 2.75 bits per heavy atom. The van der Waals surface area contributed by atoms with Gasteiger partial charge in [-0.2, -0.15) is 0 Å². The smallest absolute Gasteiger partial charge is 0.252 e. The molecule has 2 aromatic heterocycles. The number of hydrogen-bond donors (Lipinski definition) is 1. The van der Waals surface area contributed by atoms with Crippen LogP contribution in [0.3, 0.4) is 0 Å². The van der Waals surface area contributed by atoms with Gasteiger partial charge in [-0.05, 0) is 62.1 Å². The number of fused-ring (bicyclic) bond motifs is 2. The Hall–Kier alpha value is -2.96. The molecular weight excluding hydrogens is 402 g/mol. The molecule has 0 bridgehead atoms. The number of benzene rings is 1. The number of carbonyl (C=O) groups excluding carboxylic acids is 1. The summed E-state index contributed by atoms with van der Waals surface area (Å²) in [5, 5.41) is 4.14. The Bertz CT molecular complexity index is 1160. The molecule has 1 N–H and O–H groups in total. The number of morpholine rings is 1. The summed E-state index contributed by atoms with van der Waals surface area (Å²) < 4.78 is 11.0. The topological polar surface area (TPSA) is 67.6 Å². The van der Waals surface area contributed by atoms with Crippen LogP contribution in [0, 0.1) is 0 Å². The van der Waals surface area contributed by atoms with Gasteiger partial charge in [-0.1, -0.05) is 18.2 Å². The van der Waals surface area contributed by atoms with E-state index < -0.39 is 0 Å². The number of furan rings is 1. The molecule has 0 saturated carbocycles. The second-order valence-electron chi connectivity index (χ2n) is 9.11. The van der Waals surface area contributed by atoms with E-state index in [0.717, 1.165) is 78.2 Å². The van der Waals surface area contributed by atoms with Crippen LogP contribution in [0.4, 0.5) is 0 Å². The van der Waals surface area contributed by atoms with E-state index in [1.807, 2.05) is 42.5 Å². The standard InChI is InChI=1S/C26H29N3O3/c1-26(2,29-11-14-31-15-12-29)17-27-25(30)23-20-7-3-4-8-22(20)28-24-18(9-10-21(23)24)16-19-6-5-13-32-19/h3-8,13,16H,9-12,14-15,17H2,1-2H3,(H,27,30)/b18-16+. The third-order valence-corrected chi connectivity index (χ3v) is 6.58. The van der Waals surface area contributed by atoms with Crippen LogP contribution in [0.25, 0.3) is 22.6 Å². The van der Waals surface area contributed by atoms with Gasteiger partial charge < -0.3 is 14.5 Å². The molecule has 166 valence electrons. The Balaban J connectivity index is 1.47. The van der Waals surface area contributed by atoms with Gasteiger partial charge in [-0.25, -0.2) is 4.98 Å². The van der Waals surface area contributed by atoms with Crippen molar-refractivity contribution in [3.05, 3.63) is 65.2 Å². The minimum atomic E-state index is -0.143. The van der Waals surface area contributed by atoms with Gasteiger partial charge in [0.1, 0.15) is 5.76 Å². The minimum absolute atomic E-state index is 0.0274. The average Bonchev–Trinajstić information content (AvgIpc) is 3.47. The van der Waals surface area contributed by atoms with E-state index in [9.17, 15) is 4.79 Å². The van der Waals surface area contributed by atoms with Gasteiger partial charge in [0.15, 0.2) is 0 Å². The molecule has 3 heterocycles. The van der Waals surface area contributed by atoms with E-state index in [2.05, 4.69) is 24.1 Å². The molecule has 1 fully saturated rings. The van der Waals surface area contributed by atoms with Gasteiger partial charge >= 0.3 is 0 Å². The second kappa shape index (κ2) is 8.52. The summed E-state index contributed by atoms with van der Waals surface area (Å²) in [6.45, 7) is 8.19. The van der Waals surface area contributed by atoms with Gasteiger partial charge in [-0.15, -0.1) is 0 Å². The van der Waals surface area contributed by atoms with E-state index in [1.165, 1.54) is 0 Å². The van der Waals surface area contributed by atoms with Crippen LogP contribution in [0.1, 0.15) is 47.6 Å². The van der Waals surface area contributed by atoms with Crippen molar-refractivity contribution in [1.82, 2.24) is 15.2 Å². The van der Waals surface area contributed by atoms with Crippen molar-refractivity contribution in [1.29, 1.82) is 0 Å². The van der Waals surface area contributed by atoms with E-state index in [0.29, 0.717) is 6.54 Å². The average molecular weight is 432 g/mol. The molecule has 1 saturated heterocycles. The summed E-state index contributed by atoms with van der Waals surface area (Å²) in [6.07, 6.45) is 5.36. The predicted octanol–water partition coefficient (Wildman–Crippen LogP) is 4.16. The fraction of sp³-hybridized carbons (Fsp3) is 0.385. The molecule has 5 rings (SSSR count). The number of carbonyl (C=O) groups is 1. The van der Waals surface area contributed by atoms with Crippen LogP contribution in [0.2, 0.25) is 0 Å². The van der Waals surface area contributed by atoms with Crippen LogP contribution in [0.5, 0.6) is 0 Å².